The first-order valence-corrected chi connectivity index (χ1v) is 7.77. The average Bonchev–Trinajstić information content (AvgIpc) is 2.72. The summed E-state index contributed by atoms with van der Waals surface area (Å²) in [5.74, 6) is 0.918. The van der Waals surface area contributed by atoms with Crippen molar-refractivity contribution in [1.29, 1.82) is 0 Å². The molecule has 0 radical (unpaired) electrons. The summed E-state index contributed by atoms with van der Waals surface area (Å²) in [4.78, 5) is 4.38. The number of aromatic nitrogens is 1. The van der Waals surface area contributed by atoms with Crippen molar-refractivity contribution in [2.45, 2.75) is 63.8 Å². The highest BCUT2D eigenvalue weighted by Gasteiger charge is 2.29. The lowest BCUT2D eigenvalue weighted by atomic mass is 9.87. The molecule has 0 aliphatic heterocycles. The summed E-state index contributed by atoms with van der Waals surface area (Å²) in [5, 5.41) is 3.26. The van der Waals surface area contributed by atoms with Crippen LogP contribution in [-0.4, -0.2) is 10.5 Å². The first kappa shape index (κ1) is 13.0. The van der Waals surface area contributed by atoms with Gasteiger partial charge in [-0.25, -0.2) is 4.98 Å². The van der Waals surface area contributed by atoms with Gasteiger partial charge in [0.05, 0.1) is 5.01 Å². The van der Waals surface area contributed by atoms with Crippen LogP contribution in [0.5, 0.6) is 0 Å². The van der Waals surface area contributed by atoms with Crippen molar-refractivity contribution in [3.63, 3.8) is 0 Å². The highest BCUT2D eigenvalue weighted by Crippen LogP contribution is 2.33. The van der Waals surface area contributed by atoms with Crippen LogP contribution in [0.4, 0.5) is 0 Å². The van der Waals surface area contributed by atoms with Crippen LogP contribution < -0.4 is 5.73 Å². The fraction of sp³-hybridized carbons (Fsp3) is 0.786. The fourth-order valence-electron chi connectivity index (χ4n) is 3.02. The number of hydrogen-bond donors (Lipinski definition) is 1. The van der Waals surface area contributed by atoms with Crippen LogP contribution in [0.15, 0.2) is 11.6 Å². The first-order valence-electron chi connectivity index (χ1n) is 6.89. The van der Waals surface area contributed by atoms with Gasteiger partial charge in [-0.2, -0.15) is 0 Å². The number of nitrogens with two attached hydrogens (primary N) is 1. The lowest BCUT2D eigenvalue weighted by Crippen LogP contribution is -2.41. The highest BCUT2D eigenvalue weighted by molar-refractivity contribution is 7.09. The van der Waals surface area contributed by atoms with Crippen LogP contribution in [0.2, 0.25) is 0 Å². The zero-order valence-corrected chi connectivity index (χ0v) is 11.6. The molecule has 0 saturated heterocycles. The maximum Gasteiger partial charge on any atom is 0.0943 e. The van der Waals surface area contributed by atoms with E-state index >= 15 is 0 Å². The zero-order valence-electron chi connectivity index (χ0n) is 10.8. The van der Waals surface area contributed by atoms with Crippen LogP contribution >= 0.6 is 11.3 Å². The number of hydrogen-bond acceptors (Lipinski definition) is 3. The second-order valence-electron chi connectivity index (χ2n) is 5.55. The van der Waals surface area contributed by atoms with E-state index in [4.69, 9.17) is 5.73 Å². The van der Waals surface area contributed by atoms with Crippen LogP contribution in [0, 0.1) is 5.92 Å². The molecule has 1 aliphatic carbocycles. The van der Waals surface area contributed by atoms with E-state index in [-0.39, 0.29) is 5.54 Å². The van der Waals surface area contributed by atoms with Crippen molar-refractivity contribution in [1.82, 2.24) is 4.98 Å². The van der Waals surface area contributed by atoms with E-state index in [0.29, 0.717) is 0 Å². The maximum atomic E-state index is 6.58. The van der Waals surface area contributed by atoms with Gasteiger partial charge in [0.2, 0.25) is 0 Å². The smallest absolute Gasteiger partial charge is 0.0943 e. The van der Waals surface area contributed by atoms with Crippen molar-refractivity contribution in [3.05, 3.63) is 16.6 Å². The molecule has 17 heavy (non-hydrogen) atoms. The summed E-state index contributed by atoms with van der Waals surface area (Å²) >= 11 is 1.74. The number of rotatable bonds is 4. The SMILES string of the molecule is CCCC1CCCC(N)(Cc2nccs2)CC1. The van der Waals surface area contributed by atoms with Crippen LogP contribution in [0.1, 0.15) is 56.9 Å². The zero-order chi connectivity index (χ0) is 12.1. The fourth-order valence-corrected chi connectivity index (χ4v) is 3.79. The molecule has 3 heteroatoms. The quantitative estimate of drug-likeness (QED) is 0.829. The average molecular weight is 252 g/mol. The van der Waals surface area contributed by atoms with E-state index in [9.17, 15) is 0 Å². The molecule has 0 spiro atoms. The summed E-state index contributed by atoms with van der Waals surface area (Å²) in [7, 11) is 0. The Hall–Kier alpha value is -0.410. The van der Waals surface area contributed by atoms with Gasteiger partial charge in [-0.15, -0.1) is 11.3 Å². The monoisotopic (exact) mass is 252 g/mol. The topological polar surface area (TPSA) is 38.9 Å². The van der Waals surface area contributed by atoms with E-state index in [1.165, 1.54) is 50.0 Å². The molecule has 1 fully saturated rings. The van der Waals surface area contributed by atoms with E-state index in [1.807, 2.05) is 6.20 Å². The molecule has 2 nitrogen and oxygen atoms in total. The van der Waals surface area contributed by atoms with Crippen molar-refractivity contribution >= 4 is 11.3 Å². The third-order valence-electron chi connectivity index (χ3n) is 4.02. The third kappa shape index (κ3) is 3.78. The summed E-state index contributed by atoms with van der Waals surface area (Å²) in [6, 6.07) is 0. The Balaban J connectivity index is 1.92. The Bertz CT molecular complexity index is 323. The normalized spacial score (nSPS) is 30.1. The van der Waals surface area contributed by atoms with Gasteiger partial charge in [0.25, 0.3) is 0 Å². The van der Waals surface area contributed by atoms with E-state index in [2.05, 4.69) is 17.3 Å². The molecule has 1 aromatic heterocycles. The molecule has 1 aromatic rings. The molecule has 1 saturated carbocycles. The molecule has 0 amide bonds. The molecule has 2 N–H and O–H groups in total. The summed E-state index contributed by atoms with van der Waals surface area (Å²) in [5.41, 5.74) is 6.59. The van der Waals surface area contributed by atoms with Crippen molar-refractivity contribution in [2.75, 3.05) is 0 Å². The largest absolute Gasteiger partial charge is 0.325 e. The molecular formula is C14H24N2S. The first-order chi connectivity index (χ1) is 8.22. The predicted molar refractivity (Wildman–Crippen MR) is 74.2 cm³/mol. The highest BCUT2D eigenvalue weighted by atomic mass is 32.1. The van der Waals surface area contributed by atoms with Gasteiger partial charge in [0, 0.05) is 23.5 Å². The molecule has 2 atom stereocenters. The molecule has 2 unspecified atom stereocenters. The predicted octanol–water partition coefficient (Wildman–Crippen LogP) is 3.76. The van der Waals surface area contributed by atoms with Crippen LogP contribution in [0.25, 0.3) is 0 Å². The van der Waals surface area contributed by atoms with Crippen LogP contribution in [-0.2, 0) is 6.42 Å². The second kappa shape index (κ2) is 5.96. The van der Waals surface area contributed by atoms with E-state index in [0.717, 1.165) is 12.3 Å². The minimum Gasteiger partial charge on any atom is -0.325 e. The van der Waals surface area contributed by atoms with Gasteiger partial charge in [0.15, 0.2) is 0 Å². The van der Waals surface area contributed by atoms with Gasteiger partial charge in [-0.1, -0.05) is 32.6 Å². The van der Waals surface area contributed by atoms with Gasteiger partial charge in [-0.3, -0.25) is 0 Å². The maximum absolute atomic E-state index is 6.58. The lowest BCUT2D eigenvalue weighted by molar-refractivity contribution is 0.354. The summed E-state index contributed by atoms with van der Waals surface area (Å²) in [6.45, 7) is 2.29. The molecule has 1 heterocycles. The van der Waals surface area contributed by atoms with Crippen LogP contribution in [0.3, 0.4) is 0 Å². The minimum atomic E-state index is 0.0142. The van der Waals surface area contributed by atoms with Gasteiger partial charge in [-0.05, 0) is 25.2 Å². The van der Waals surface area contributed by atoms with Gasteiger partial charge in [0.1, 0.15) is 0 Å². The van der Waals surface area contributed by atoms with Crippen molar-refractivity contribution < 1.29 is 0 Å². The Morgan fingerprint density at radius 2 is 2.35 bits per heavy atom. The Morgan fingerprint density at radius 1 is 1.47 bits per heavy atom. The molecule has 2 rings (SSSR count). The van der Waals surface area contributed by atoms with Gasteiger partial charge < -0.3 is 5.73 Å². The van der Waals surface area contributed by atoms with Crippen molar-refractivity contribution in [2.24, 2.45) is 11.7 Å². The Kier molecular flexibility index (Phi) is 4.57. The van der Waals surface area contributed by atoms with Crippen molar-refractivity contribution in [3.8, 4) is 0 Å². The summed E-state index contributed by atoms with van der Waals surface area (Å²) in [6.07, 6.45) is 11.9. The molecular weight excluding hydrogens is 228 g/mol. The van der Waals surface area contributed by atoms with Gasteiger partial charge >= 0.3 is 0 Å². The number of nitrogens with zero attached hydrogens (tertiary/aromatic N) is 1. The molecule has 0 aromatic carbocycles. The Labute approximate surface area is 109 Å². The summed E-state index contributed by atoms with van der Waals surface area (Å²) < 4.78 is 0. The number of thiazole rings is 1. The second-order valence-corrected chi connectivity index (χ2v) is 6.53. The molecule has 1 aliphatic rings. The standard InChI is InChI=1S/C14H24N2S/c1-2-4-12-5-3-7-14(15,8-6-12)11-13-16-9-10-17-13/h9-10,12H,2-8,11,15H2,1H3. The third-order valence-corrected chi connectivity index (χ3v) is 4.80. The minimum absolute atomic E-state index is 0.0142. The molecule has 0 bridgehead atoms. The molecule has 96 valence electrons. The lowest BCUT2D eigenvalue weighted by Gasteiger charge is -2.27. The van der Waals surface area contributed by atoms with E-state index < -0.39 is 0 Å². The van der Waals surface area contributed by atoms with E-state index in [1.54, 1.807) is 11.3 Å². The Morgan fingerprint density at radius 3 is 3.06 bits per heavy atom.